The number of hydrogen-bond donors (Lipinski definition) is 1. The number of benzene rings is 1. The second kappa shape index (κ2) is 5.80. The van der Waals surface area contributed by atoms with E-state index in [1.807, 2.05) is 6.92 Å². The van der Waals surface area contributed by atoms with Crippen LogP contribution in [-0.4, -0.2) is 34.5 Å². The van der Waals surface area contributed by atoms with Crippen molar-refractivity contribution in [2.45, 2.75) is 24.7 Å². The molecule has 1 amide bonds. The van der Waals surface area contributed by atoms with E-state index in [0.717, 1.165) is 12.8 Å². The van der Waals surface area contributed by atoms with E-state index in [-0.39, 0.29) is 17.4 Å². The van der Waals surface area contributed by atoms with Gasteiger partial charge in [-0.2, -0.15) is 0 Å². The molecule has 7 heteroatoms. The average molecular weight is 298 g/mol. The van der Waals surface area contributed by atoms with Crippen molar-refractivity contribution in [3.05, 3.63) is 18.2 Å². The molecule has 0 aliphatic carbocycles. The smallest absolute Gasteiger partial charge is 0.264 e. The van der Waals surface area contributed by atoms with Crippen LogP contribution in [0.1, 0.15) is 19.8 Å². The Morgan fingerprint density at radius 3 is 2.85 bits per heavy atom. The van der Waals surface area contributed by atoms with Crippen LogP contribution in [0, 0.1) is 0 Å². The molecular formula is C13H18N2O4S. The Morgan fingerprint density at radius 1 is 1.40 bits per heavy atom. The Bertz CT molecular complexity index is 613. The minimum absolute atomic E-state index is 0.0235. The largest absolute Gasteiger partial charge is 0.482 e. The number of unbranched alkanes of at least 4 members (excludes halogenated alkanes) is 1. The molecule has 110 valence electrons. The average Bonchev–Trinajstić information content (AvgIpc) is 2.43. The van der Waals surface area contributed by atoms with Crippen LogP contribution in [-0.2, 0) is 14.8 Å². The van der Waals surface area contributed by atoms with Gasteiger partial charge in [0.25, 0.3) is 5.91 Å². The van der Waals surface area contributed by atoms with Crippen LogP contribution in [0.3, 0.4) is 0 Å². The lowest BCUT2D eigenvalue weighted by Crippen LogP contribution is -2.35. The summed E-state index contributed by atoms with van der Waals surface area (Å²) in [7, 11) is -1.95. The standard InChI is InChI=1S/C13H18N2O4S/c1-3-4-7-14-20(17,18)10-5-6-12-11(8-10)15(2)13(16)9-19-12/h5-6,8,14H,3-4,7,9H2,1-2H3. The molecule has 2 rings (SSSR count). The molecule has 1 N–H and O–H groups in total. The zero-order valence-corrected chi connectivity index (χ0v) is 12.4. The normalized spacial score (nSPS) is 14.9. The summed E-state index contributed by atoms with van der Waals surface area (Å²) in [5.41, 5.74) is 0.472. The first-order chi connectivity index (χ1) is 9.45. The van der Waals surface area contributed by atoms with Crippen molar-refractivity contribution < 1.29 is 17.9 Å². The van der Waals surface area contributed by atoms with E-state index in [1.54, 1.807) is 13.1 Å². The minimum Gasteiger partial charge on any atom is -0.482 e. The summed E-state index contributed by atoms with van der Waals surface area (Å²) < 4.78 is 32.1. The molecule has 1 aromatic carbocycles. The highest BCUT2D eigenvalue weighted by Crippen LogP contribution is 2.33. The van der Waals surface area contributed by atoms with Crippen molar-refractivity contribution in [1.29, 1.82) is 0 Å². The van der Waals surface area contributed by atoms with Gasteiger partial charge in [0.05, 0.1) is 10.6 Å². The van der Waals surface area contributed by atoms with E-state index in [1.165, 1.54) is 17.0 Å². The molecule has 0 unspecified atom stereocenters. The summed E-state index contributed by atoms with van der Waals surface area (Å²) in [5, 5.41) is 0. The van der Waals surface area contributed by atoms with Crippen LogP contribution in [0.5, 0.6) is 5.75 Å². The number of amides is 1. The molecule has 0 spiro atoms. The lowest BCUT2D eigenvalue weighted by Gasteiger charge is -2.26. The third-order valence-corrected chi connectivity index (χ3v) is 4.61. The number of rotatable bonds is 5. The first kappa shape index (κ1) is 14.8. The summed E-state index contributed by atoms with van der Waals surface area (Å²) >= 11 is 0. The maximum Gasteiger partial charge on any atom is 0.264 e. The second-order valence-corrected chi connectivity index (χ2v) is 6.39. The lowest BCUT2D eigenvalue weighted by molar-refractivity contribution is -0.120. The number of hydrogen-bond acceptors (Lipinski definition) is 4. The molecule has 1 aliphatic rings. The van der Waals surface area contributed by atoms with Gasteiger partial charge >= 0.3 is 0 Å². The molecular weight excluding hydrogens is 280 g/mol. The number of carbonyl (C=O) groups excluding carboxylic acids is 1. The van der Waals surface area contributed by atoms with Crippen LogP contribution >= 0.6 is 0 Å². The zero-order chi connectivity index (χ0) is 14.8. The highest BCUT2D eigenvalue weighted by Gasteiger charge is 2.24. The Hall–Kier alpha value is -1.60. The highest BCUT2D eigenvalue weighted by atomic mass is 32.2. The maximum atomic E-state index is 12.1. The fourth-order valence-corrected chi connectivity index (χ4v) is 2.98. The van der Waals surface area contributed by atoms with E-state index >= 15 is 0 Å². The van der Waals surface area contributed by atoms with Gasteiger partial charge in [0.15, 0.2) is 6.61 Å². The van der Waals surface area contributed by atoms with Crippen molar-refractivity contribution >= 4 is 21.6 Å². The summed E-state index contributed by atoms with van der Waals surface area (Å²) in [6.45, 7) is 2.37. The molecule has 1 aromatic rings. The zero-order valence-electron chi connectivity index (χ0n) is 11.5. The van der Waals surface area contributed by atoms with E-state index in [9.17, 15) is 13.2 Å². The van der Waals surface area contributed by atoms with Crippen molar-refractivity contribution in [3.63, 3.8) is 0 Å². The first-order valence-electron chi connectivity index (χ1n) is 6.49. The molecule has 1 aliphatic heterocycles. The fourth-order valence-electron chi connectivity index (χ4n) is 1.89. The van der Waals surface area contributed by atoms with Gasteiger partial charge in [-0.05, 0) is 24.6 Å². The molecule has 0 bridgehead atoms. The molecule has 1 heterocycles. The topological polar surface area (TPSA) is 75.7 Å². The summed E-state index contributed by atoms with van der Waals surface area (Å²) in [6.07, 6.45) is 1.70. The lowest BCUT2D eigenvalue weighted by atomic mass is 10.2. The van der Waals surface area contributed by atoms with Gasteiger partial charge < -0.3 is 9.64 Å². The molecule has 0 saturated carbocycles. The third kappa shape index (κ3) is 2.94. The van der Waals surface area contributed by atoms with Gasteiger partial charge in [0.2, 0.25) is 10.0 Å². The summed E-state index contributed by atoms with van der Waals surface area (Å²) in [6, 6.07) is 4.52. The highest BCUT2D eigenvalue weighted by molar-refractivity contribution is 7.89. The van der Waals surface area contributed by atoms with Crippen LogP contribution in [0.4, 0.5) is 5.69 Å². The summed E-state index contributed by atoms with van der Waals surface area (Å²) in [5.74, 6) is 0.311. The minimum atomic E-state index is -3.55. The van der Waals surface area contributed by atoms with Gasteiger partial charge in [-0.1, -0.05) is 13.3 Å². The van der Waals surface area contributed by atoms with Crippen molar-refractivity contribution in [2.24, 2.45) is 0 Å². The number of likely N-dealkylation sites (N-methyl/N-ethyl adjacent to an activating group) is 1. The van der Waals surface area contributed by atoms with Gasteiger partial charge in [0.1, 0.15) is 5.75 Å². The molecule has 20 heavy (non-hydrogen) atoms. The van der Waals surface area contributed by atoms with Crippen LogP contribution in [0.25, 0.3) is 0 Å². The number of ether oxygens (including phenoxy) is 1. The molecule has 0 fully saturated rings. The summed E-state index contributed by atoms with van der Waals surface area (Å²) in [4.78, 5) is 13.1. The van der Waals surface area contributed by atoms with Gasteiger partial charge in [0, 0.05) is 13.6 Å². The van der Waals surface area contributed by atoms with E-state index in [4.69, 9.17) is 4.74 Å². The number of anilines is 1. The predicted molar refractivity (Wildman–Crippen MR) is 75.4 cm³/mol. The Morgan fingerprint density at radius 2 is 2.15 bits per heavy atom. The quantitative estimate of drug-likeness (QED) is 0.827. The number of sulfonamides is 1. The Labute approximate surface area is 118 Å². The van der Waals surface area contributed by atoms with Gasteiger partial charge in [-0.3, -0.25) is 4.79 Å². The van der Waals surface area contributed by atoms with E-state index in [2.05, 4.69) is 4.72 Å². The first-order valence-corrected chi connectivity index (χ1v) is 7.97. The van der Waals surface area contributed by atoms with Crippen molar-refractivity contribution in [2.75, 3.05) is 25.1 Å². The van der Waals surface area contributed by atoms with Crippen molar-refractivity contribution in [1.82, 2.24) is 4.72 Å². The second-order valence-electron chi connectivity index (χ2n) is 4.62. The molecule has 0 saturated heterocycles. The van der Waals surface area contributed by atoms with Crippen molar-refractivity contribution in [3.8, 4) is 5.75 Å². The van der Waals surface area contributed by atoms with Gasteiger partial charge in [-0.25, -0.2) is 13.1 Å². The van der Waals surface area contributed by atoms with Crippen LogP contribution < -0.4 is 14.4 Å². The number of fused-ring (bicyclic) bond motifs is 1. The monoisotopic (exact) mass is 298 g/mol. The number of nitrogens with one attached hydrogen (secondary N) is 1. The van der Waals surface area contributed by atoms with E-state index in [0.29, 0.717) is 18.0 Å². The Kier molecular flexibility index (Phi) is 4.29. The van der Waals surface area contributed by atoms with Gasteiger partial charge in [-0.15, -0.1) is 0 Å². The SMILES string of the molecule is CCCCNS(=O)(=O)c1ccc2c(c1)N(C)C(=O)CO2. The molecule has 0 atom stereocenters. The number of carbonyl (C=O) groups is 1. The maximum absolute atomic E-state index is 12.1. The van der Waals surface area contributed by atoms with Crippen LogP contribution in [0.15, 0.2) is 23.1 Å². The molecule has 6 nitrogen and oxygen atoms in total. The molecule has 0 radical (unpaired) electrons. The van der Waals surface area contributed by atoms with E-state index < -0.39 is 10.0 Å². The Balaban J connectivity index is 2.28. The molecule has 0 aromatic heterocycles. The predicted octanol–water partition coefficient (Wildman–Crippen LogP) is 1.12. The number of nitrogens with zero attached hydrogens (tertiary/aromatic N) is 1. The van der Waals surface area contributed by atoms with Crippen LogP contribution in [0.2, 0.25) is 0 Å². The fraction of sp³-hybridized carbons (Fsp3) is 0.462. The third-order valence-electron chi connectivity index (χ3n) is 3.15.